The largest absolute Gasteiger partial charge is 0.316 e. The summed E-state index contributed by atoms with van der Waals surface area (Å²) >= 11 is 5.80. The number of nitrogens with one attached hydrogen (secondary N) is 2. The average Bonchev–Trinajstić information content (AvgIpc) is 2.58. The molecule has 2 bridgehead atoms. The summed E-state index contributed by atoms with van der Waals surface area (Å²) < 4.78 is 29.2. The summed E-state index contributed by atoms with van der Waals surface area (Å²) in [5, 5.41) is 3.84. The van der Waals surface area contributed by atoms with E-state index in [1.165, 1.54) is 24.3 Å². The SMILES string of the molecule is O=c1c(NS(=O)(=O)c2ccc(Cl)cc2)ccc2n1C[C@@H]1CNC[C@H]2C1. The lowest BCUT2D eigenvalue weighted by Gasteiger charge is -2.37. The molecule has 2 aromatic rings. The highest BCUT2D eigenvalue weighted by Gasteiger charge is 2.31. The predicted octanol–water partition coefficient (Wildman–Crippen LogP) is 2.01. The zero-order valence-corrected chi connectivity index (χ0v) is 15.0. The maximum atomic E-state index is 12.8. The third-order valence-corrected chi connectivity index (χ3v) is 6.51. The first-order valence-electron chi connectivity index (χ1n) is 8.17. The Balaban J connectivity index is 1.69. The van der Waals surface area contributed by atoms with Gasteiger partial charge in [0.05, 0.1) is 4.90 Å². The molecule has 25 heavy (non-hydrogen) atoms. The second-order valence-electron chi connectivity index (χ2n) is 6.60. The molecule has 0 spiro atoms. The van der Waals surface area contributed by atoms with Crippen LogP contribution in [0, 0.1) is 5.92 Å². The van der Waals surface area contributed by atoms with Crippen molar-refractivity contribution in [1.29, 1.82) is 0 Å². The Labute approximate surface area is 150 Å². The standard InChI is InChI=1S/C17H18ClN3O3S/c18-13-1-3-14(4-2-13)25(23,24)20-15-5-6-16-12-7-11(8-19-9-12)10-21(16)17(15)22/h1-6,11-12,19-20H,7-10H2/t11-,12+/m0/s1. The molecule has 3 heterocycles. The number of benzene rings is 1. The lowest BCUT2D eigenvalue weighted by Crippen LogP contribution is -2.45. The zero-order chi connectivity index (χ0) is 17.6. The molecule has 0 aliphatic carbocycles. The fraction of sp³-hybridized carbons (Fsp3) is 0.353. The summed E-state index contributed by atoms with van der Waals surface area (Å²) in [5.41, 5.74) is 0.765. The van der Waals surface area contributed by atoms with E-state index >= 15 is 0 Å². The van der Waals surface area contributed by atoms with Crippen LogP contribution in [0.2, 0.25) is 5.02 Å². The van der Waals surface area contributed by atoms with Crippen LogP contribution in [-0.2, 0) is 16.6 Å². The Kier molecular flexibility index (Phi) is 4.10. The van der Waals surface area contributed by atoms with Gasteiger partial charge >= 0.3 is 0 Å². The molecule has 0 unspecified atom stereocenters. The molecule has 1 aromatic carbocycles. The van der Waals surface area contributed by atoms with Gasteiger partial charge in [0.15, 0.2) is 0 Å². The first kappa shape index (κ1) is 16.6. The van der Waals surface area contributed by atoms with E-state index in [1.807, 2.05) is 6.07 Å². The molecule has 2 aliphatic heterocycles. The lowest BCUT2D eigenvalue weighted by atomic mass is 9.84. The van der Waals surface area contributed by atoms with Gasteiger partial charge in [0.25, 0.3) is 15.6 Å². The van der Waals surface area contributed by atoms with E-state index in [2.05, 4.69) is 10.0 Å². The van der Waals surface area contributed by atoms with Crippen molar-refractivity contribution < 1.29 is 8.42 Å². The second kappa shape index (κ2) is 6.16. The highest BCUT2D eigenvalue weighted by Crippen LogP contribution is 2.32. The Morgan fingerprint density at radius 2 is 1.88 bits per heavy atom. The number of piperidine rings is 1. The first-order chi connectivity index (χ1) is 11.9. The van der Waals surface area contributed by atoms with Gasteiger partial charge in [-0.05, 0) is 55.3 Å². The van der Waals surface area contributed by atoms with Gasteiger partial charge in [0.2, 0.25) is 0 Å². The number of nitrogens with zero attached hydrogens (tertiary/aromatic N) is 1. The number of aromatic nitrogens is 1. The van der Waals surface area contributed by atoms with Crippen molar-refractivity contribution in [2.75, 3.05) is 17.8 Å². The van der Waals surface area contributed by atoms with Crippen LogP contribution < -0.4 is 15.6 Å². The van der Waals surface area contributed by atoms with Crippen molar-refractivity contribution in [3.63, 3.8) is 0 Å². The minimum absolute atomic E-state index is 0.0695. The third kappa shape index (κ3) is 3.07. The quantitative estimate of drug-likeness (QED) is 0.854. The molecule has 0 saturated carbocycles. The minimum atomic E-state index is -3.83. The van der Waals surface area contributed by atoms with Crippen molar-refractivity contribution in [2.45, 2.75) is 23.8 Å². The van der Waals surface area contributed by atoms with Gasteiger partial charge in [0.1, 0.15) is 5.69 Å². The first-order valence-corrected chi connectivity index (χ1v) is 10.0. The fourth-order valence-electron chi connectivity index (χ4n) is 3.69. The number of anilines is 1. The zero-order valence-electron chi connectivity index (χ0n) is 13.4. The maximum Gasteiger partial charge on any atom is 0.275 e. The minimum Gasteiger partial charge on any atom is -0.316 e. The van der Waals surface area contributed by atoms with Gasteiger partial charge in [-0.1, -0.05) is 11.6 Å². The Morgan fingerprint density at radius 3 is 2.64 bits per heavy atom. The van der Waals surface area contributed by atoms with Gasteiger partial charge in [-0.25, -0.2) is 8.42 Å². The van der Waals surface area contributed by atoms with E-state index in [0.717, 1.165) is 25.2 Å². The summed E-state index contributed by atoms with van der Waals surface area (Å²) in [6, 6.07) is 9.26. The molecule has 1 saturated heterocycles. The number of hydrogen-bond acceptors (Lipinski definition) is 4. The summed E-state index contributed by atoms with van der Waals surface area (Å²) in [4.78, 5) is 12.9. The smallest absolute Gasteiger partial charge is 0.275 e. The van der Waals surface area contributed by atoms with Gasteiger partial charge in [0, 0.05) is 29.7 Å². The van der Waals surface area contributed by atoms with Crippen molar-refractivity contribution in [1.82, 2.24) is 9.88 Å². The maximum absolute atomic E-state index is 12.8. The molecule has 6 nitrogen and oxygen atoms in total. The molecule has 132 valence electrons. The van der Waals surface area contributed by atoms with E-state index < -0.39 is 10.0 Å². The number of rotatable bonds is 3. The molecule has 0 radical (unpaired) electrons. The van der Waals surface area contributed by atoms with E-state index in [9.17, 15) is 13.2 Å². The Morgan fingerprint density at radius 1 is 1.12 bits per heavy atom. The van der Waals surface area contributed by atoms with Gasteiger partial charge < -0.3 is 9.88 Å². The van der Waals surface area contributed by atoms with Gasteiger partial charge in [-0.15, -0.1) is 0 Å². The third-order valence-electron chi connectivity index (χ3n) is 4.88. The van der Waals surface area contributed by atoms with Crippen LogP contribution in [0.3, 0.4) is 0 Å². The fourth-order valence-corrected chi connectivity index (χ4v) is 4.87. The lowest BCUT2D eigenvalue weighted by molar-refractivity contribution is 0.257. The summed E-state index contributed by atoms with van der Waals surface area (Å²) in [7, 11) is -3.83. The van der Waals surface area contributed by atoms with E-state index in [-0.39, 0.29) is 16.1 Å². The number of hydrogen-bond donors (Lipinski definition) is 2. The highest BCUT2D eigenvalue weighted by molar-refractivity contribution is 7.92. The van der Waals surface area contributed by atoms with Crippen molar-refractivity contribution in [3.8, 4) is 0 Å². The van der Waals surface area contributed by atoms with Crippen LogP contribution >= 0.6 is 11.6 Å². The summed E-state index contributed by atoms with van der Waals surface area (Å²) in [5.74, 6) is 0.717. The number of fused-ring (bicyclic) bond motifs is 4. The number of sulfonamides is 1. The van der Waals surface area contributed by atoms with Crippen LogP contribution in [0.15, 0.2) is 46.1 Å². The van der Waals surface area contributed by atoms with Crippen LogP contribution in [0.1, 0.15) is 18.0 Å². The van der Waals surface area contributed by atoms with Crippen molar-refractivity contribution >= 4 is 27.3 Å². The van der Waals surface area contributed by atoms with Gasteiger partial charge in [-0.3, -0.25) is 9.52 Å². The van der Waals surface area contributed by atoms with Crippen molar-refractivity contribution in [2.24, 2.45) is 5.92 Å². The Bertz CT molecular complexity index is 970. The predicted molar refractivity (Wildman–Crippen MR) is 96.7 cm³/mol. The van der Waals surface area contributed by atoms with Crippen LogP contribution in [0.5, 0.6) is 0 Å². The summed E-state index contributed by atoms with van der Waals surface area (Å²) in [6.45, 7) is 2.36. The molecule has 4 rings (SSSR count). The summed E-state index contributed by atoms with van der Waals surface area (Å²) in [6.07, 6.45) is 1.07. The highest BCUT2D eigenvalue weighted by atomic mass is 35.5. The van der Waals surface area contributed by atoms with Crippen LogP contribution in [0.4, 0.5) is 5.69 Å². The number of halogens is 1. The second-order valence-corrected chi connectivity index (χ2v) is 8.72. The molecule has 2 aliphatic rings. The molecular weight excluding hydrogens is 362 g/mol. The number of pyridine rings is 1. The van der Waals surface area contributed by atoms with Crippen LogP contribution in [-0.4, -0.2) is 26.1 Å². The van der Waals surface area contributed by atoms with E-state index in [1.54, 1.807) is 10.6 Å². The molecular formula is C17H18ClN3O3S. The van der Waals surface area contributed by atoms with E-state index in [0.29, 0.717) is 23.4 Å². The molecule has 1 aromatic heterocycles. The molecule has 0 amide bonds. The monoisotopic (exact) mass is 379 g/mol. The molecule has 1 fully saturated rings. The molecule has 2 N–H and O–H groups in total. The van der Waals surface area contributed by atoms with Gasteiger partial charge in [-0.2, -0.15) is 0 Å². The van der Waals surface area contributed by atoms with Crippen molar-refractivity contribution in [3.05, 3.63) is 57.5 Å². The van der Waals surface area contributed by atoms with E-state index in [4.69, 9.17) is 11.6 Å². The Hall–Kier alpha value is -1.83. The molecule has 2 atom stereocenters. The normalized spacial score (nSPS) is 22.3. The average molecular weight is 380 g/mol. The van der Waals surface area contributed by atoms with Crippen LogP contribution in [0.25, 0.3) is 0 Å². The topological polar surface area (TPSA) is 80.2 Å². The molecule has 8 heteroatoms.